The minimum Gasteiger partial charge on any atom is -0.352 e. The standard InChI is InChI=1S/C19H17BrN6O4/c1-12-2-4-14(20)9-15(12)24-18(27)6-7-22-19(28)13-3-5-16(17(8-13)26(29)30)25-11-21-10-23-25/h2-5,8-11H,6-7H2,1H3,(H,22,28)(H,24,27). The van der Waals surface area contributed by atoms with Crippen molar-refractivity contribution >= 4 is 39.1 Å². The highest BCUT2D eigenvalue weighted by molar-refractivity contribution is 9.10. The molecule has 2 aromatic carbocycles. The number of nitrogens with zero attached hydrogens (tertiary/aromatic N) is 4. The van der Waals surface area contributed by atoms with E-state index in [1.54, 1.807) is 6.07 Å². The van der Waals surface area contributed by atoms with Crippen LogP contribution in [0.5, 0.6) is 0 Å². The van der Waals surface area contributed by atoms with Gasteiger partial charge in [-0.2, -0.15) is 5.10 Å². The predicted octanol–water partition coefficient (Wildman–Crippen LogP) is 3.01. The molecule has 0 fully saturated rings. The fraction of sp³-hybridized carbons (Fsp3) is 0.158. The number of nitrogens with one attached hydrogen (secondary N) is 2. The van der Waals surface area contributed by atoms with Gasteiger partial charge in [0.15, 0.2) is 0 Å². The summed E-state index contributed by atoms with van der Waals surface area (Å²) in [6, 6.07) is 9.57. The number of hydrogen-bond donors (Lipinski definition) is 2. The van der Waals surface area contributed by atoms with Gasteiger partial charge in [-0.25, -0.2) is 9.67 Å². The van der Waals surface area contributed by atoms with Gasteiger partial charge in [-0.3, -0.25) is 19.7 Å². The van der Waals surface area contributed by atoms with E-state index in [0.29, 0.717) is 5.69 Å². The monoisotopic (exact) mass is 472 g/mol. The van der Waals surface area contributed by atoms with Crippen molar-refractivity contribution in [3.05, 3.63) is 74.8 Å². The van der Waals surface area contributed by atoms with Gasteiger partial charge in [0.1, 0.15) is 18.3 Å². The average Bonchev–Trinajstić information content (AvgIpc) is 3.25. The van der Waals surface area contributed by atoms with Crippen molar-refractivity contribution in [2.24, 2.45) is 0 Å². The minimum absolute atomic E-state index is 0.0524. The van der Waals surface area contributed by atoms with E-state index in [1.807, 2.05) is 19.1 Å². The van der Waals surface area contributed by atoms with E-state index in [1.165, 1.54) is 29.5 Å². The number of carbonyl (C=O) groups excluding carboxylic acids is 2. The molecule has 0 aliphatic heterocycles. The van der Waals surface area contributed by atoms with E-state index < -0.39 is 10.8 Å². The van der Waals surface area contributed by atoms with Crippen LogP contribution in [0, 0.1) is 17.0 Å². The Balaban J connectivity index is 1.61. The molecule has 2 N–H and O–H groups in total. The van der Waals surface area contributed by atoms with Crippen LogP contribution in [-0.2, 0) is 4.79 Å². The van der Waals surface area contributed by atoms with Crippen LogP contribution in [0.2, 0.25) is 0 Å². The topological polar surface area (TPSA) is 132 Å². The molecule has 1 heterocycles. The zero-order valence-electron chi connectivity index (χ0n) is 15.8. The molecule has 2 amide bonds. The zero-order valence-corrected chi connectivity index (χ0v) is 17.4. The van der Waals surface area contributed by atoms with Gasteiger partial charge in [0.25, 0.3) is 11.6 Å². The molecule has 0 radical (unpaired) electrons. The van der Waals surface area contributed by atoms with Crippen LogP contribution in [0.25, 0.3) is 5.69 Å². The van der Waals surface area contributed by atoms with Gasteiger partial charge in [-0.05, 0) is 36.8 Å². The summed E-state index contributed by atoms with van der Waals surface area (Å²) in [6.07, 6.45) is 2.63. The third-order valence-electron chi connectivity index (χ3n) is 4.21. The third kappa shape index (κ3) is 5.06. The van der Waals surface area contributed by atoms with E-state index in [2.05, 4.69) is 36.6 Å². The number of hydrogen-bond acceptors (Lipinski definition) is 6. The summed E-state index contributed by atoms with van der Waals surface area (Å²) in [4.78, 5) is 39.0. The van der Waals surface area contributed by atoms with Crippen molar-refractivity contribution in [3.63, 3.8) is 0 Å². The maximum Gasteiger partial charge on any atom is 0.295 e. The van der Waals surface area contributed by atoms with E-state index in [0.717, 1.165) is 16.1 Å². The van der Waals surface area contributed by atoms with Crippen molar-refractivity contribution in [1.29, 1.82) is 0 Å². The maximum atomic E-state index is 12.3. The van der Waals surface area contributed by atoms with Crippen LogP contribution < -0.4 is 10.6 Å². The lowest BCUT2D eigenvalue weighted by molar-refractivity contribution is -0.384. The first-order valence-electron chi connectivity index (χ1n) is 8.83. The summed E-state index contributed by atoms with van der Waals surface area (Å²) < 4.78 is 2.08. The molecule has 0 spiro atoms. The number of amides is 2. The van der Waals surface area contributed by atoms with Crippen LogP contribution in [0.4, 0.5) is 11.4 Å². The number of carbonyl (C=O) groups is 2. The van der Waals surface area contributed by atoms with Crippen LogP contribution >= 0.6 is 15.9 Å². The lowest BCUT2D eigenvalue weighted by Gasteiger charge is -2.10. The van der Waals surface area contributed by atoms with Gasteiger partial charge >= 0.3 is 0 Å². The SMILES string of the molecule is Cc1ccc(Br)cc1NC(=O)CCNC(=O)c1ccc(-n2cncn2)c([N+](=O)[O-])c1. The number of aromatic nitrogens is 3. The van der Waals surface area contributed by atoms with E-state index in [-0.39, 0.29) is 35.8 Å². The van der Waals surface area contributed by atoms with Gasteiger partial charge in [-0.1, -0.05) is 22.0 Å². The fourth-order valence-electron chi connectivity index (χ4n) is 2.67. The van der Waals surface area contributed by atoms with Crippen LogP contribution in [-0.4, -0.2) is 38.0 Å². The predicted molar refractivity (Wildman–Crippen MR) is 112 cm³/mol. The number of rotatable bonds is 7. The lowest BCUT2D eigenvalue weighted by atomic mass is 10.1. The first-order chi connectivity index (χ1) is 14.3. The molecule has 0 aliphatic carbocycles. The number of nitro benzene ring substituents is 1. The minimum atomic E-state index is -0.596. The average molecular weight is 473 g/mol. The maximum absolute atomic E-state index is 12.3. The third-order valence-corrected chi connectivity index (χ3v) is 4.70. The molecule has 10 nitrogen and oxygen atoms in total. The molecule has 11 heteroatoms. The molecule has 3 rings (SSSR count). The summed E-state index contributed by atoms with van der Waals surface area (Å²) in [7, 11) is 0. The summed E-state index contributed by atoms with van der Waals surface area (Å²) in [5.74, 6) is -0.779. The number of halogens is 1. The van der Waals surface area contributed by atoms with Crippen LogP contribution in [0.1, 0.15) is 22.3 Å². The largest absolute Gasteiger partial charge is 0.352 e. The van der Waals surface area contributed by atoms with Gasteiger partial charge in [-0.15, -0.1) is 0 Å². The first kappa shape index (κ1) is 21.1. The molecule has 0 saturated heterocycles. The van der Waals surface area contributed by atoms with Crippen LogP contribution in [0.3, 0.4) is 0 Å². The second-order valence-electron chi connectivity index (χ2n) is 6.31. The molecule has 0 unspecified atom stereocenters. The smallest absolute Gasteiger partial charge is 0.295 e. The Kier molecular flexibility index (Phi) is 6.52. The Labute approximate surface area is 179 Å². The number of nitro groups is 1. The second-order valence-corrected chi connectivity index (χ2v) is 7.23. The van der Waals surface area contributed by atoms with Gasteiger partial charge < -0.3 is 10.6 Å². The normalized spacial score (nSPS) is 10.5. The summed E-state index contributed by atoms with van der Waals surface area (Å²) in [5, 5.41) is 20.6. The zero-order chi connectivity index (χ0) is 21.7. The molecular weight excluding hydrogens is 456 g/mol. The first-order valence-corrected chi connectivity index (χ1v) is 9.62. The summed E-state index contributed by atoms with van der Waals surface area (Å²) >= 11 is 3.35. The van der Waals surface area contributed by atoms with Crippen molar-refractivity contribution in [3.8, 4) is 5.69 Å². The van der Waals surface area contributed by atoms with E-state index >= 15 is 0 Å². The molecule has 0 saturated carbocycles. The number of benzene rings is 2. The molecule has 3 aromatic rings. The Morgan fingerprint density at radius 1 is 1.23 bits per heavy atom. The van der Waals surface area contributed by atoms with Crippen LogP contribution in [0.15, 0.2) is 53.5 Å². The molecule has 30 heavy (non-hydrogen) atoms. The summed E-state index contributed by atoms with van der Waals surface area (Å²) in [5.41, 5.74) is 1.61. The van der Waals surface area contributed by atoms with Gasteiger partial charge in [0.05, 0.1) is 4.92 Å². The Morgan fingerprint density at radius 3 is 2.73 bits per heavy atom. The molecule has 0 bridgehead atoms. The lowest BCUT2D eigenvalue weighted by Crippen LogP contribution is -2.27. The Bertz CT molecular complexity index is 1100. The molecular formula is C19H17BrN6O4. The Morgan fingerprint density at radius 2 is 2.03 bits per heavy atom. The second kappa shape index (κ2) is 9.27. The van der Waals surface area contributed by atoms with Crippen molar-refractivity contribution in [2.45, 2.75) is 13.3 Å². The highest BCUT2D eigenvalue weighted by Gasteiger charge is 2.19. The van der Waals surface area contributed by atoms with Gasteiger partial charge in [0, 0.05) is 34.8 Å². The molecule has 154 valence electrons. The van der Waals surface area contributed by atoms with Crippen molar-refractivity contribution in [2.75, 3.05) is 11.9 Å². The molecule has 0 aliphatic rings. The van der Waals surface area contributed by atoms with Crippen molar-refractivity contribution < 1.29 is 14.5 Å². The van der Waals surface area contributed by atoms with E-state index in [9.17, 15) is 19.7 Å². The highest BCUT2D eigenvalue weighted by atomic mass is 79.9. The number of anilines is 1. The van der Waals surface area contributed by atoms with Crippen molar-refractivity contribution in [1.82, 2.24) is 20.1 Å². The summed E-state index contributed by atoms with van der Waals surface area (Å²) in [6.45, 7) is 1.95. The fourth-order valence-corrected chi connectivity index (χ4v) is 3.03. The molecule has 1 aromatic heterocycles. The van der Waals surface area contributed by atoms with Gasteiger partial charge in [0.2, 0.25) is 5.91 Å². The molecule has 0 atom stereocenters. The van der Waals surface area contributed by atoms with E-state index in [4.69, 9.17) is 0 Å². The quantitative estimate of drug-likeness (QED) is 0.401. The Hall–Kier alpha value is -3.60. The number of aryl methyl sites for hydroxylation is 1. The highest BCUT2D eigenvalue weighted by Crippen LogP contribution is 2.23.